The van der Waals surface area contributed by atoms with Crippen LogP contribution in [0.1, 0.15) is 68.6 Å². The van der Waals surface area contributed by atoms with Crippen LogP contribution in [0.4, 0.5) is 0 Å². The van der Waals surface area contributed by atoms with Gasteiger partial charge in [0.05, 0.1) is 25.0 Å². The first-order valence-electron chi connectivity index (χ1n) is 19.7. The van der Waals surface area contributed by atoms with Gasteiger partial charge in [0.1, 0.15) is 70.1 Å². The van der Waals surface area contributed by atoms with Crippen LogP contribution in [0, 0.1) is 0 Å². The number of phenolic OH excluding ortho intramolecular Hbond substituents is 10. The number of benzene rings is 6. The fourth-order valence-electron chi connectivity index (χ4n) is 9.46. The molecule has 0 aliphatic carbocycles. The first-order valence-corrected chi connectivity index (χ1v) is 19.7. The van der Waals surface area contributed by atoms with Gasteiger partial charge in [-0.1, -0.05) is 12.1 Å². The second-order valence-electron chi connectivity index (χ2n) is 16.1. The van der Waals surface area contributed by atoms with Gasteiger partial charge in [0.2, 0.25) is 0 Å². The first kappa shape index (κ1) is 40.3. The predicted molar refractivity (Wildman–Crippen MR) is 217 cm³/mol. The lowest BCUT2D eigenvalue weighted by Crippen LogP contribution is -2.57. The summed E-state index contributed by atoms with van der Waals surface area (Å²) in [5.74, 6) is -11.5. The predicted octanol–water partition coefficient (Wildman–Crippen LogP) is 4.55. The highest BCUT2D eigenvalue weighted by Crippen LogP contribution is 2.65. The molecule has 8 unspecified atom stereocenters. The minimum Gasteiger partial charge on any atom is -0.508 e. The van der Waals surface area contributed by atoms with Crippen LogP contribution >= 0.6 is 0 Å². The summed E-state index contributed by atoms with van der Waals surface area (Å²) in [7, 11) is 1.31. The second kappa shape index (κ2) is 14.1. The summed E-state index contributed by atoms with van der Waals surface area (Å²) in [5.41, 5.74) is -0.401. The van der Waals surface area contributed by atoms with Crippen molar-refractivity contribution < 1.29 is 90.1 Å². The molecule has 0 fully saturated rings. The molecule has 64 heavy (non-hydrogen) atoms. The summed E-state index contributed by atoms with van der Waals surface area (Å²) in [6, 6.07) is 15.7. The van der Waals surface area contributed by atoms with Gasteiger partial charge < -0.3 is 90.1 Å². The molecule has 0 spiro atoms. The van der Waals surface area contributed by atoms with Gasteiger partial charge in [-0.05, 0) is 53.6 Å². The molecule has 0 saturated carbocycles. The summed E-state index contributed by atoms with van der Waals surface area (Å²) >= 11 is 0. The van der Waals surface area contributed by atoms with Gasteiger partial charge in [0.25, 0.3) is 0 Å². The van der Waals surface area contributed by atoms with Gasteiger partial charge in [0.15, 0.2) is 40.6 Å². The molecule has 0 amide bonds. The van der Waals surface area contributed by atoms with Crippen LogP contribution in [-0.4, -0.2) is 91.8 Å². The lowest BCUT2D eigenvalue weighted by atomic mass is 9.72. The van der Waals surface area contributed by atoms with Gasteiger partial charge >= 0.3 is 5.79 Å². The summed E-state index contributed by atoms with van der Waals surface area (Å²) < 4.78 is 30.7. The Balaban J connectivity index is 1.22. The number of aromatic hydroxyl groups is 10. The van der Waals surface area contributed by atoms with E-state index in [9.17, 15) is 66.4 Å². The van der Waals surface area contributed by atoms with E-state index < -0.39 is 105 Å². The van der Waals surface area contributed by atoms with Crippen molar-refractivity contribution in [2.45, 2.75) is 54.6 Å². The van der Waals surface area contributed by atoms with Crippen molar-refractivity contribution in [2.24, 2.45) is 0 Å². The molecule has 4 aliphatic rings. The zero-order valence-electron chi connectivity index (χ0n) is 33.1. The lowest BCUT2D eigenvalue weighted by molar-refractivity contribution is -0.219. The van der Waals surface area contributed by atoms with E-state index in [1.54, 1.807) is 0 Å². The molecule has 6 aromatic carbocycles. The Hall–Kier alpha value is -7.80. The number of aliphatic hydroxyl groups is 3. The quantitative estimate of drug-likeness (QED) is 0.106. The van der Waals surface area contributed by atoms with E-state index in [0.717, 1.165) is 30.3 Å². The fourth-order valence-corrected chi connectivity index (χ4v) is 9.46. The molecule has 8 atom stereocenters. The molecular weight excluding hydrogens is 840 g/mol. The van der Waals surface area contributed by atoms with Crippen LogP contribution in [0.2, 0.25) is 0 Å². The number of methoxy groups -OCH3 is 1. The molecule has 4 heterocycles. The average molecular weight is 879 g/mol. The van der Waals surface area contributed by atoms with Gasteiger partial charge in [-0.25, -0.2) is 0 Å². The Morgan fingerprint density at radius 3 is 1.84 bits per heavy atom. The molecule has 6 aromatic rings. The maximum absolute atomic E-state index is 12.7. The van der Waals surface area contributed by atoms with E-state index in [1.165, 1.54) is 55.6 Å². The van der Waals surface area contributed by atoms with Gasteiger partial charge in [0, 0.05) is 64.1 Å². The van der Waals surface area contributed by atoms with Crippen LogP contribution in [0.25, 0.3) is 0 Å². The number of fused-ring (bicyclic) bond motifs is 9. The van der Waals surface area contributed by atoms with Crippen molar-refractivity contribution in [3.8, 4) is 86.2 Å². The summed E-state index contributed by atoms with van der Waals surface area (Å²) in [6.45, 7) is 0. The number of rotatable bonds is 5. The number of hydrogen-bond donors (Lipinski definition) is 13. The zero-order chi connectivity index (χ0) is 45.3. The molecule has 330 valence electrons. The topological polar surface area (TPSA) is 309 Å². The standard InChI is InChI=1S/C46H38O18/c1-60-30-9-17(3-6-23(30)50)43-41(58)38(34-27(54)11-19(47)12-31(34)61-43)35-28(55)15-32-36(40(35)57)39-37-33(64-46(63-32,45(39)59)18-4-7-22(49)26(53)10-18)14-24(51)20-13-29(56)42(62-44(20)37)16-2-5-21(48)25(52)8-16/h2-12,14-15,29,38-39,41-43,45,47-59H,13H2,1H3. The van der Waals surface area contributed by atoms with Crippen molar-refractivity contribution in [1.29, 1.82) is 0 Å². The normalized spacial score (nSPS) is 24.9. The number of ether oxygens (including phenoxy) is 5. The molecule has 18 nitrogen and oxygen atoms in total. The molecule has 0 saturated heterocycles. The highest BCUT2D eigenvalue weighted by Gasteiger charge is 2.61. The molecular formula is C46H38O18. The second-order valence-corrected chi connectivity index (χ2v) is 16.1. The zero-order valence-corrected chi connectivity index (χ0v) is 33.1. The third-order valence-corrected chi connectivity index (χ3v) is 12.4. The molecule has 0 radical (unpaired) electrons. The maximum Gasteiger partial charge on any atom is 0.305 e. The summed E-state index contributed by atoms with van der Waals surface area (Å²) in [6.07, 6.45) is -7.90. The van der Waals surface area contributed by atoms with Crippen molar-refractivity contribution >= 4 is 0 Å². The van der Waals surface area contributed by atoms with E-state index in [0.29, 0.717) is 0 Å². The van der Waals surface area contributed by atoms with Crippen LogP contribution in [0.5, 0.6) is 86.2 Å². The minimum absolute atomic E-state index is 0.00919. The number of phenols is 10. The summed E-state index contributed by atoms with van der Waals surface area (Å²) in [5, 5.41) is 146. The van der Waals surface area contributed by atoms with E-state index in [1.807, 2.05) is 0 Å². The minimum atomic E-state index is -2.35. The van der Waals surface area contributed by atoms with Crippen molar-refractivity contribution in [1.82, 2.24) is 0 Å². The molecule has 18 heteroatoms. The molecule has 0 aromatic heterocycles. The summed E-state index contributed by atoms with van der Waals surface area (Å²) in [4.78, 5) is 0. The SMILES string of the molecule is COc1cc(C2Oc3cc(O)cc(O)c3C(c3c(O)cc4c(c3O)C3c5c(cc(O)c6c5OC(c5ccc(O)c(O)c5)C(O)C6)OC(c5ccc(O)c(O)c5)(O4)C3O)C2O)ccc1O. The molecule has 13 N–H and O–H groups in total. The largest absolute Gasteiger partial charge is 0.508 e. The number of hydrogen-bond acceptors (Lipinski definition) is 18. The van der Waals surface area contributed by atoms with E-state index in [-0.39, 0.29) is 79.9 Å². The smallest absolute Gasteiger partial charge is 0.305 e. The van der Waals surface area contributed by atoms with Crippen LogP contribution in [-0.2, 0) is 12.2 Å². The monoisotopic (exact) mass is 878 g/mol. The van der Waals surface area contributed by atoms with Crippen molar-refractivity contribution in [2.75, 3.05) is 7.11 Å². The van der Waals surface area contributed by atoms with Crippen molar-refractivity contribution in [3.05, 3.63) is 123 Å². The Morgan fingerprint density at radius 1 is 0.531 bits per heavy atom. The van der Waals surface area contributed by atoms with Gasteiger partial charge in [-0.2, -0.15) is 0 Å². The van der Waals surface area contributed by atoms with Crippen molar-refractivity contribution in [3.63, 3.8) is 0 Å². The maximum atomic E-state index is 12.7. The van der Waals surface area contributed by atoms with E-state index >= 15 is 0 Å². The Kier molecular flexibility index (Phi) is 8.88. The average Bonchev–Trinajstić information content (AvgIpc) is 3.24. The first-order chi connectivity index (χ1) is 30.5. The third-order valence-electron chi connectivity index (χ3n) is 12.4. The molecule has 4 aliphatic heterocycles. The van der Waals surface area contributed by atoms with Gasteiger partial charge in [-0.15, -0.1) is 0 Å². The Morgan fingerprint density at radius 2 is 1.16 bits per heavy atom. The lowest BCUT2D eigenvalue weighted by Gasteiger charge is -2.51. The van der Waals surface area contributed by atoms with Crippen LogP contribution in [0.3, 0.4) is 0 Å². The van der Waals surface area contributed by atoms with Crippen LogP contribution in [0.15, 0.2) is 78.9 Å². The Labute approximate surface area is 360 Å². The van der Waals surface area contributed by atoms with Gasteiger partial charge in [-0.3, -0.25) is 0 Å². The van der Waals surface area contributed by atoms with E-state index in [2.05, 4.69) is 0 Å². The fraction of sp³-hybridized carbons (Fsp3) is 0.217. The third kappa shape index (κ3) is 5.76. The Bertz CT molecular complexity index is 2930. The van der Waals surface area contributed by atoms with Crippen LogP contribution < -0.4 is 23.7 Å². The van der Waals surface area contributed by atoms with E-state index in [4.69, 9.17) is 23.7 Å². The highest BCUT2D eigenvalue weighted by atomic mass is 16.7. The molecule has 10 rings (SSSR count). The highest BCUT2D eigenvalue weighted by molar-refractivity contribution is 5.72. The molecule has 2 bridgehead atoms. The number of aliphatic hydroxyl groups excluding tert-OH is 3.